The summed E-state index contributed by atoms with van der Waals surface area (Å²) in [5, 5.41) is 3.10. The molecule has 1 nitrogen and oxygen atoms in total. The molecule has 0 unspecified atom stereocenters. The summed E-state index contributed by atoms with van der Waals surface area (Å²) in [4.78, 5) is 0. The van der Waals surface area contributed by atoms with Crippen molar-refractivity contribution >= 4 is 27.4 Å². The molecule has 0 aromatic rings. The summed E-state index contributed by atoms with van der Waals surface area (Å²) in [6, 6.07) is 0. The number of nitrogens with one attached hydrogen (secondary N) is 1. The van der Waals surface area contributed by atoms with Crippen LogP contribution in [0.25, 0.3) is 0 Å². The van der Waals surface area contributed by atoms with E-state index in [1.165, 1.54) is 5.61 Å². The van der Waals surface area contributed by atoms with Crippen LogP contribution in [0.2, 0.25) is 0 Å². The zero-order valence-corrected chi connectivity index (χ0v) is 6.87. The monoisotopic (exact) mass is 187 g/mol. The Morgan fingerprint density at radius 3 is 3.00 bits per heavy atom. The molecule has 3 heteroatoms. The van der Waals surface area contributed by atoms with Crippen molar-refractivity contribution in [2.75, 3.05) is 0 Å². The molecule has 24 valence electrons. The Balaban J connectivity index is 2.61. The van der Waals surface area contributed by atoms with Gasteiger partial charge in [0, 0.05) is 0 Å². The average Bonchev–Trinajstić information content (AvgIpc) is 1.76. The van der Waals surface area contributed by atoms with Crippen LogP contribution in [0.5, 0.6) is 0 Å². The van der Waals surface area contributed by atoms with Crippen molar-refractivity contribution in [2.24, 2.45) is 0 Å². The summed E-state index contributed by atoms with van der Waals surface area (Å²) >= 11 is -0.128. The van der Waals surface area contributed by atoms with Gasteiger partial charge in [0.2, 0.25) is 0 Å². The van der Waals surface area contributed by atoms with Gasteiger partial charge in [0.25, 0.3) is 0 Å². The molecule has 0 radical (unpaired) electrons. The second-order valence-electron chi connectivity index (χ2n) is 0.766. The molecule has 0 saturated heterocycles. The Morgan fingerprint density at radius 1 is 1.80 bits per heavy atom. The van der Waals surface area contributed by atoms with Crippen LogP contribution in [-0.2, 0) is 0 Å². The van der Waals surface area contributed by atoms with E-state index in [0.717, 1.165) is 0 Å². The number of rotatable bonds is 0. The third kappa shape index (κ3) is 1.06. The van der Waals surface area contributed by atoms with Gasteiger partial charge in [-0.15, -0.1) is 0 Å². The predicted octanol–water partition coefficient (Wildman–Crippen LogP) is 0.541. The van der Waals surface area contributed by atoms with Gasteiger partial charge in [0.1, 0.15) is 0 Å². The van der Waals surface area contributed by atoms with Crippen molar-refractivity contribution in [3.8, 4) is 0 Å². The molecule has 1 N–H and O–H groups in total. The Bertz CT molecular complexity index is 67.7. The fourth-order valence-corrected chi connectivity index (χ4v) is 4.33. The second-order valence-corrected chi connectivity index (χ2v) is 7.44. The molecule has 0 aromatic heterocycles. The van der Waals surface area contributed by atoms with Crippen LogP contribution in [-0.4, -0.2) is 21.8 Å². The quantitative estimate of drug-likeness (QED) is 0.545. The van der Waals surface area contributed by atoms with Crippen LogP contribution in [0.4, 0.5) is 0 Å². The van der Waals surface area contributed by atoms with E-state index in [1.54, 1.807) is 0 Å². The summed E-state index contributed by atoms with van der Waals surface area (Å²) in [7, 11) is 0. The molecule has 0 aliphatic carbocycles. The molecule has 1 heterocycles. The molecule has 1 rings (SSSR count). The first-order valence-corrected chi connectivity index (χ1v) is 8.73. The van der Waals surface area contributed by atoms with Crippen molar-refractivity contribution in [1.29, 1.82) is 0 Å². The first-order valence-electron chi connectivity index (χ1n) is 1.44. The minimum atomic E-state index is -0.128. The van der Waals surface area contributed by atoms with E-state index in [9.17, 15) is 0 Å². The topological polar surface area (TPSA) is 12.0 Å². The van der Waals surface area contributed by atoms with Crippen LogP contribution < -0.4 is 5.09 Å². The maximum absolute atomic E-state index is 3.10. The number of hydrogen-bond acceptors (Lipinski definition) is 1. The first kappa shape index (κ1) is 3.89. The van der Waals surface area contributed by atoms with Gasteiger partial charge in [-0.2, -0.15) is 0 Å². The Kier molecular flexibility index (Phi) is 1.55. The molecule has 0 bridgehead atoms. The summed E-state index contributed by atoms with van der Waals surface area (Å²) in [6.45, 7) is 0. The molecular weight excluding hydrogens is 184 g/mol. The van der Waals surface area contributed by atoms with Crippen molar-refractivity contribution in [3.05, 3.63) is 10.0 Å². The average molecular weight is 187 g/mol. The van der Waals surface area contributed by atoms with E-state index in [0.29, 0.717) is 0 Å². The summed E-state index contributed by atoms with van der Waals surface area (Å²) in [5.41, 5.74) is 1.52. The minimum absolute atomic E-state index is 0.128. The van der Waals surface area contributed by atoms with Gasteiger partial charge in [0.05, 0.1) is 0 Å². The van der Waals surface area contributed by atoms with E-state index in [4.69, 9.17) is 0 Å². The van der Waals surface area contributed by atoms with Crippen molar-refractivity contribution in [2.45, 2.75) is 0 Å². The van der Waals surface area contributed by atoms with Crippen LogP contribution in [0.15, 0.2) is 10.0 Å². The molecule has 0 fully saturated rings. The fraction of sp³-hybridized carbons (Fsp3) is 0. The van der Waals surface area contributed by atoms with Crippen LogP contribution in [0.3, 0.4) is 0 Å². The van der Waals surface area contributed by atoms with Crippen LogP contribution >= 0.6 is 5.61 Å². The Morgan fingerprint density at radius 2 is 2.80 bits per heavy atom. The molecule has 0 saturated carbocycles. The summed E-state index contributed by atoms with van der Waals surface area (Å²) in [5.74, 6) is 0. The molecule has 5 heavy (non-hydrogen) atoms. The van der Waals surface area contributed by atoms with Gasteiger partial charge in [-0.05, 0) is 0 Å². The van der Waals surface area contributed by atoms with Gasteiger partial charge in [-0.25, -0.2) is 0 Å². The Labute approximate surface area is 42.7 Å². The van der Waals surface area contributed by atoms with Gasteiger partial charge < -0.3 is 0 Å². The molecule has 1 aliphatic rings. The summed E-state index contributed by atoms with van der Waals surface area (Å²) in [6.07, 6.45) is 2.06. The van der Waals surface area contributed by atoms with Crippen LogP contribution in [0, 0.1) is 0 Å². The zero-order chi connectivity index (χ0) is 3.54. The van der Waals surface area contributed by atoms with E-state index in [1.807, 2.05) is 0 Å². The van der Waals surface area contributed by atoms with Crippen molar-refractivity contribution < 1.29 is 0 Å². The fourth-order valence-electron chi connectivity index (χ4n) is 0.215. The van der Waals surface area contributed by atoms with Gasteiger partial charge in [0.15, 0.2) is 0 Å². The molecule has 0 atom stereocenters. The molecule has 0 amide bonds. The van der Waals surface area contributed by atoms with Gasteiger partial charge in [-0.1, -0.05) is 0 Å². The first-order chi connectivity index (χ1) is 2.50. The van der Waals surface area contributed by atoms with Crippen molar-refractivity contribution in [3.63, 3.8) is 0 Å². The third-order valence-corrected chi connectivity index (χ3v) is 5.60. The van der Waals surface area contributed by atoms with Gasteiger partial charge >= 0.3 is 42.5 Å². The van der Waals surface area contributed by atoms with Crippen molar-refractivity contribution in [1.82, 2.24) is 5.09 Å². The second kappa shape index (κ2) is 1.99. The van der Waals surface area contributed by atoms with E-state index < -0.39 is 0 Å². The summed E-state index contributed by atoms with van der Waals surface area (Å²) < 4.78 is 2.30. The van der Waals surface area contributed by atoms with E-state index in [2.05, 4.69) is 15.1 Å². The normalized spacial score (nSPS) is 17.6. The molecular formula is C2H3InNP. The molecule has 0 aromatic carbocycles. The molecule has 0 spiro atoms. The third-order valence-electron chi connectivity index (χ3n) is 0.406. The van der Waals surface area contributed by atoms with Crippen LogP contribution in [0.1, 0.15) is 0 Å². The van der Waals surface area contributed by atoms with E-state index >= 15 is 0 Å². The standard InChI is InChI=1S/C2H3NP.In/c1-2-3-4;/h1-3H;. The van der Waals surface area contributed by atoms with E-state index in [-0.39, 0.29) is 21.8 Å². The SMILES string of the molecule is C1=[CH][In]=[P]N1. The zero-order valence-electron chi connectivity index (χ0n) is 2.68. The maximum atomic E-state index is 3.10. The predicted molar refractivity (Wildman–Crippen MR) is 24.9 cm³/mol. The molecule has 1 aliphatic heterocycles. The van der Waals surface area contributed by atoms with Gasteiger partial charge in [-0.3, -0.25) is 0 Å². The Hall–Kier alpha value is 0.710. The number of hydrogen-bond donors (Lipinski definition) is 1.